The quantitative estimate of drug-likeness (QED) is 0.772. The number of rotatable bonds is 3. The van der Waals surface area contributed by atoms with Crippen LogP contribution in [0.25, 0.3) is 12.2 Å². The van der Waals surface area contributed by atoms with Crippen molar-refractivity contribution in [2.24, 2.45) is 0 Å². The number of anilines is 2. The fourth-order valence-corrected chi connectivity index (χ4v) is 1.60. The fourth-order valence-electron chi connectivity index (χ4n) is 1.60. The Bertz CT molecular complexity index is 760. The van der Waals surface area contributed by atoms with Crippen molar-refractivity contribution in [3.63, 3.8) is 0 Å². The van der Waals surface area contributed by atoms with Crippen molar-refractivity contribution in [1.82, 2.24) is 9.97 Å². The van der Waals surface area contributed by atoms with Crippen molar-refractivity contribution in [2.45, 2.75) is 0 Å². The third kappa shape index (κ3) is 3.13. The Morgan fingerprint density at radius 3 is 2.38 bits per heavy atom. The molecule has 0 saturated carbocycles. The number of hydrogen-bond donors (Lipinski definition) is 3. The molecule has 0 amide bonds. The Morgan fingerprint density at radius 2 is 1.81 bits per heavy atom. The van der Waals surface area contributed by atoms with Gasteiger partial charge in [-0.25, -0.2) is 14.8 Å². The molecule has 104 valence electrons. The van der Waals surface area contributed by atoms with Gasteiger partial charge in [0.15, 0.2) is 17.3 Å². The van der Waals surface area contributed by atoms with Gasteiger partial charge < -0.3 is 16.6 Å². The van der Waals surface area contributed by atoms with Crippen LogP contribution < -0.4 is 11.5 Å². The lowest BCUT2D eigenvalue weighted by atomic mass is 10.1. The fraction of sp³-hybridized carbons (Fsp3) is 0. The zero-order valence-electron chi connectivity index (χ0n) is 10.8. The molecule has 0 aliphatic heterocycles. The van der Waals surface area contributed by atoms with Gasteiger partial charge >= 0.3 is 5.97 Å². The lowest BCUT2D eigenvalue weighted by molar-refractivity contribution is 0.0691. The van der Waals surface area contributed by atoms with Crippen LogP contribution in [0.3, 0.4) is 0 Å². The first-order chi connectivity index (χ1) is 10.0. The summed E-state index contributed by atoms with van der Waals surface area (Å²) in [6.07, 6.45) is 3.28. The second-order valence-corrected chi connectivity index (χ2v) is 4.10. The highest BCUT2D eigenvalue weighted by Gasteiger charge is 2.13. The average Bonchev–Trinajstić information content (AvgIpc) is 2.48. The zero-order chi connectivity index (χ0) is 15.4. The predicted molar refractivity (Wildman–Crippen MR) is 77.9 cm³/mol. The van der Waals surface area contributed by atoms with Crippen molar-refractivity contribution in [2.75, 3.05) is 11.5 Å². The average molecular weight is 281 g/mol. The van der Waals surface area contributed by atoms with Crippen molar-refractivity contribution in [1.29, 1.82) is 5.26 Å². The van der Waals surface area contributed by atoms with Gasteiger partial charge in [0.25, 0.3) is 0 Å². The van der Waals surface area contributed by atoms with Crippen LogP contribution in [0, 0.1) is 11.3 Å². The summed E-state index contributed by atoms with van der Waals surface area (Å²) in [4.78, 5) is 18.5. The van der Waals surface area contributed by atoms with E-state index in [0.717, 1.165) is 5.56 Å². The summed E-state index contributed by atoms with van der Waals surface area (Å²) >= 11 is 0. The Labute approximate surface area is 120 Å². The van der Waals surface area contributed by atoms with Gasteiger partial charge in [-0.2, -0.15) is 5.26 Å². The summed E-state index contributed by atoms with van der Waals surface area (Å²) in [6, 6.07) is 8.89. The number of carbonyl (C=O) groups is 1. The Morgan fingerprint density at radius 1 is 1.14 bits per heavy atom. The van der Waals surface area contributed by atoms with Gasteiger partial charge in [-0.1, -0.05) is 18.2 Å². The lowest BCUT2D eigenvalue weighted by Crippen LogP contribution is -2.11. The number of aromatic nitrogens is 2. The van der Waals surface area contributed by atoms with E-state index >= 15 is 0 Å². The number of benzene rings is 1. The van der Waals surface area contributed by atoms with Crippen molar-refractivity contribution in [3.05, 3.63) is 46.8 Å². The highest BCUT2D eigenvalue weighted by Crippen LogP contribution is 2.16. The summed E-state index contributed by atoms with van der Waals surface area (Å²) in [5, 5.41) is 17.6. The van der Waals surface area contributed by atoms with E-state index in [9.17, 15) is 4.79 Å². The van der Waals surface area contributed by atoms with Gasteiger partial charge in [-0.3, -0.25) is 0 Å². The molecule has 0 radical (unpaired) electrons. The predicted octanol–water partition coefficient (Wildman–Crippen LogP) is 1.38. The SMILES string of the molecule is N#Cc1ccc(C=Cc2nc(N)c(C(=O)O)nc2N)cc1. The first-order valence-electron chi connectivity index (χ1n) is 5.86. The molecule has 2 aromatic rings. The van der Waals surface area contributed by atoms with E-state index in [2.05, 4.69) is 9.97 Å². The van der Waals surface area contributed by atoms with E-state index in [0.29, 0.717) is 5.56 Å². The maximum atomic E-state index is 10.8. The number of nitrogen functional groups attached to an aromatic ring is 2. The minimum atomic E-state index is -1.28. The number of carboxylic acid groups (broad SMARTS) is 1. The largest absolute Gasteiger partial charge is 0.476 e. The smallest absolute Gasteiger partial charge is 0.358 e. The van der Waals surface area contributed by atoms with E-state index in [1.807, 2.05) is 6.07 Å². The minimum Gasteiger partial charge on any atom is -0.476 e. The normalized spacial score (nSPS) is 10.4. The van der Waals surface area contributed by atoms with Gasteiger partial charge in [0.2, 0.25) is 0 Å². The highest BCUT2D eigenvalue weighted by molar-refractivity contribution is 5.91. The summed E-state index contributed by atoms with van der Waals surface area (Å²) in [6.45, 7) is 0. The molecule has 0 aliphatic rings. The van der Waals surface area contributed by atoms with Crippen LogP contribution >= 0.6 is 0 Å². The monoisotopic (exact) mass is 281 g/mol. The van der Waals surface area contributed by atoms with E-state index in [1.54, 1.807) is 36.4 Å². The maximum absolute atomic E-state index is 10.8. The molecule has 1 heterocycles. The molecule has 7 nitrogen and oxygen atoms in total. The summed E-state index contributed by atoms with van der Waals surface area (Å²) in [7, 11) is 0. The summed E-state index contributed by atoms with van der Waals surface area (Å²) in [5.74, 6) is -1.50. The van der Waals surface area contributed by atoms with Crippen LogP contribution in [0.1, 0.15) is 27.3 Å². The molecule has 0 fully saturated rings. The van der Waals surface area contributed by atoms with Crippen molar-refractivity contribution >= 4 is 29.8 Å². The number of nitrogens with two attached hydrogens (primary N) is 2. The van der Waals surface area contributed by atoms with Gasteiger partial charge in [0.05, 0.1) is 11.6 Å². The highest BCUT2D eigenvalue weighted by atomic mass is 16.4. The van der Waals surface area contributed by atoms with Gasteiger partial charge in [-0.05, 0) is 23.8 Å². The number of nitriles is 1. The van der Waals surface area contributed by atoms with Crippen LogP contribution in [0.2, 0.25) is 0 Å². The standard InChI is InChI=1S/C14H11N5O2/c15-7-9-3-1-8(2-4-9)5-6-10-12(16)19-11(14(20)21)13(17)18-10/h1-6H,(H2,16,19)(H2,17,18)(H,20,21). The summed E-state index contributed by atoms with van der Waals surface area (Å²) in [5.41, 5.74) is 12.5. The molecule has 2 rings (SSSR count). The van der Waals surface area contributed by atoms with Gasteiger partial charge in [-0.15, -0.1) is 0 Å². The Kier molecular flexibility index (Phi) is 3.81. The number of aromatic carboxylic acids is 1. The molecule has 5 N–H and O–H groups in total. The first kappa shape index (κ1) is 14.0. The molecule has 0 saturated heterocycles. The summed E-state index contributed by atoms with van der Waals surface area (Å²) < 4.78 is 0. The number of hydrogen-bond acceptors (Lipinski definition) is 6. The molecule has 0 unspecified atom stereocenters. The molecule has 1 aromatic carbocycles. The molecule has 0 atom stereocenters. The van der Waals surface area contributed by atoms with Crippen LogP contribution in [0.5, 0.6) is 0 Å². The second kappa shape index (κ2) is 5.71. The van der Waals surface area contributed by atoms with Crippen molar-refractivity contribution in [3.8, 4) is 6.07 Å². The molecule has 0 bridgehead atoms. The molecule has 21 heavy (non-hydrogen) atoms. The van der Waals surface area contributed by atoms with Crippen LogP contribution in [-0.4, -0.2) is 21.0 Å². The maximum Gasteiger partial charge on any atom is 0.358 e. The first-order valence-corrected chi connectivity index (χ1v) is 5.86. The van der Waals surface area contributed by atoms with E-state index < -0.39 is 5.97 Å². The molecule has 0 spiro atoms. The van der Waals surface area contributed by atoms with Crippen LogP contribution in [0.4, 0.5) is 11.6 Å². The Balaban J connectivity index is 2.30. The molecular formula is C14H11N5O2. The third-order valence-electron chi connectivity index (χ3n) is 2.65. The van der Waals surface area contributed by atoms with Gasteiger partial charge in [0.1, 0.15) is 5.69 Å². The minimum absolute atomic E-state index is 0.0218. The van der Waals surface area contributed by atoms with E-state index in [1.165, 1.54) is 0 Å². The third-order valence-corrected chi connectivity index (χ3v) is 2.65. The second-order valence-electron chi connectivity index (χ2n) is 4.10. The Hall–Kier alpha value is -3.40. The number of carboxylic acids is 1. The molecule has 7 heteroatoms. The zero-order valence-corrected chi connectivity index (χ0v) is 10.8. The van der Waals surface area contributed by atoms with E-state index in [4.69, 9.17) is 21.8 Å². The number of nitrogens with zero attached hydrogens (tertiary/aromatic N) is 3. The van der Waals surface area contributed by atoms with Crippen LogP contribution in [-0.2, 0) is 0 Å². The van der Waals surface area contributed by atoms with E-state index in [-0.39, 0.29) is 23.0 Å². The molecular weight excluding hydrogens is 270 g/mol. The lowest BCUT2D eigenvalue weighted by Gasteiger charge is -2.04. The topological polar surface area (TPSA) is 139 Å². The molecule has 0 aliphatic carbocycles. The van der Waals surface area contributed by atoms with Gasteiger partial charge in [0, 0.05) is 0 Å². The van der Waals surface area contributed by atoms with Crippen molar-refractivity contribution < 1.29 is 9.90 Å². The van der Waals surface area contributed by atoms with Crippen LogP contribution in [0.15, 0.2) is 24.3 Å². The molecule has 1 aromatic heterocycles.